The molecule has 2 fully saturated rings. The van der Waals surface area contributed by atoms with Crippen molar-refractivity contribution in [3.63, 3.8) is 0 Å². The molecular formula is C16H24IN3O2. The molecule has 22 heavy (non-hydrogen) atoms. The van der Waals surface area contributed by atoms with Gasteiger partial charge in [0.25, 0.3) is 0 Å². The first-order valence-electron chi connectivity index (χ1n) is 7.94. The average Bonchev–Trinajstić information content (AvgIpc) is 2.80. The van der Waals surface area contributed by atoms with E-state index in [2.05, 4.69) is 38.6 Å². The summed E-state index contributed by atoms with van der Waals surface area (Å²) in [6.07, 6.45) is 8.53. The smallest absolute Gasteiger partial charge is 0.410 e. The normalized spacial score (nSPS) is 21.7. The quantitative estimate of drug-likeness (QED) is 0.653. The largest absolute Gasteiger partial charge is 0.444 e. The van der Waals surface area contributed by atoms with Crippen molar-refractivity contribution in [2.45, 2.75) is 58.1 Å². The molecule has 0 aromatic carbocycles. The lowest BCUT2D eigenvalue weighted by molar-refractivity contribution is -0.0538. The number of nitrogens with zero attached hydrogens (tertiary/aromatic N) is 3. The lowest BCUT2D eigenvalue weighted by Gasteiger charge is -2.53. The number of carbonyl (C=O) groups is 1. The van der Waals surface area contributed by atoms with Crippen LogP contribution in [0.25, 0.3) is 0 Å². The molecule has 3 rings (SSSR count). The number of halogens is 1. The van der Waals surface area contributed by atoms with Crippen LogP contribution in [-0.2, 0) is 4.74 Å². The predicted octanol–water partition coefficient (Wildman–Crippen LogP) is 3.84. The number of hydrogen-bond acceptors (Lipinski definition) is 3. The summed E-state index contributed by atoms with van der Waals surface area (Å²) in [6.45, 7) is 7.45. The van der Waals surface area contributed by atoms with Gasteiger partial charge in [0.05, 0.1) is 15.8 Å². The van der Waals surface area contributed by atoms with E-state index in [-0.39, 0.29) is 6.09 Å². The summed E-state index contributed by atoms with van der Waals surface area (Å²) >= 11 is 2.30. The molecule has 1 aliphatic carbocycles. The monoisotopic (exact) mass is 417 g/mol. The number of rotatable bonds is 1. The third-order valence-electron chi connectivity index (χ3n) is 4.66. The van der Waals surface area contributed by atoms with Gasteiger partial charge < -0.3 is 9.64 Å². The van der Waals surface area contributed by atoms with Gasteiger partial charge in [0.15, 0.2) is 0 Å². The topological polar surface area (TPSA) is 47.4 Å². The highest BCUT2D eigenvalue weighted by Crippen LogP contribution is 2.47. The van der Waals surface area contributed by atoms with Crippen molar-refractivity contribution < 1.29 is 9.53 Å². The Morgan fingerprint density at radius 3 is 2.50 bits per heavy atom. The highest BCUT2D eigenvalue weighted by molar-refractivity contribution is 14.1. The van der Waals surface area contributed by atoms with E-state index >= 15 is 0 Å². The second-order valence-corrected chi connectivity index (χ2v) is 8.95. The third kappa shape index (κ3) is 3.41. The molecular weight excluding hydrogens is 393 g/mol. The Labute approximate surface area is 145 Å². The Balaban J connectivity index is 1.50. The zero-order valence-electron chi connectivity index (χ0n) is 13.5. The van der Waals surface area contributed by atoms with Crippen molar-refractivity contribution in [1.82, 2.24) is 14.7 Å². The van der Waals surface area contributed by atoms with Crippen LogP contribution in [0, 0.1) is 8.99 Å². The summed E-state index contributed by atoms with van der Waals surface area (Å²) in [4.78, 5) is 13.9. The van der Waals surface area contributed by atoms with Crippen molar-refractivity contribution in [3.05, 3.63) is 16.0 Å². The standard InChI is InChI=1S/C16H24IN3O2/c1-15(2,3)22-14(21)19-10-16(11-19)6-4-13(5-7-16)20-9-12(17)8-18-20/h8-9,13H,4-7,10-11H2,1-3H3. The van der Waals surface area contributed by atoms with Crippen molar-refractivity contribution in [1.29, 1.82) is 0 Å². The zero-order valence-corrected chi connectivity index (χ0v) is 15.7. The highest BCUT2D eigenvalue weighted by atomic mass is 127. The minimum absolute atomic E-state index is 0.165. The van der Waals surface area contributed by atoms with E-state index < -0.39 is 5.60 Å². The summed E-state index contributed by atoms with van der Waals surface area (Å²) < 4.78 is 8.74. The fraction of sp³-hybridized carbons (Fsp3) is 0.750. The van der Waals surface area contributed by atoms with Crippen LogP contribution < -0.4 is 0 Å². The van der Waals surface area contributed by atoms with Crippen LogP contribution in [0.15, 0.2) is 12.4 Å². The van der Waals surface area contributed by atoms with Crippen LogP contribution in [-0.4, -0.2) is 39.5 Å². The summed E-state index contributed by atoms with van der Waals surface area (Å²) in [5.74, 6) is 0. The number of ether oxygens (including phenoxy) is 1. The average molecular weight is 417 g/mol. The van der Waals surface area contributed by atoms with E-state index in [1.165, 1.54) is 16.4 Å². The molecule has 1 amide bonds. The Hall–Kier alpha value is -0.790. The molecule has 122 valence electrons. The first-order chi connectivity index (χ1) is 10.3. The third-order valence-corrected chi connectivity index (χ3v) is 5.22. The molecule has 0 bridgehead atoms. The second kappa shape index (κ2) is 5.69. The fourth-order valence-electron chi connectivity index (χ4n) is 3.53. The van der Waals surface area contributed by atoms with Crippen molar-refractivity contribution >= 4 is 28.7 Å². The molecule has 0 N–H and O–H groups in total. The van der Waals surface area contributed by atoms with Crippen LogP contribution >= 0.6 is 22.6 Å². The molecule has 0 radical (unpaired) electrons. The van der Waals surface area contributed by atoms with E-state index in [0.717, 1.165) is 25.9 Å². The van der Waals surface area contributed by atoms with Gasteiger partial charge in [0.1, 0.15) is 5.60 Å². The molecule has 6 heteroatoms. The highest BCUT2D eigenvalue weighted by Gasteiger charge is 2.48. The Kier molecular flexibility index (Phi) is 4.16. The molecule has 0 atom stereocenters. The molecule has 1 saturated heterocycles. The van der Waals surface area contributed by atoms with Gasteiger partial charge in [-0.1, -0.05) is 0 Å². The fourth-order valence-corrected chi connectivity index (χ4v) is 3.94. The summed E-state index contributed by atoms with van der Waals surface area (Å²) in [7, 11) is 0. The SMILES string of the molecule is CC(C)(C)OC(=O)N1CC2(CCC(n3cc(I)cn3)CC2)C1. The van der Waals surface area contributed by atoms with E-state index in [1.54, 1.807) is 0 Å². The molecule has 5 nitrogen and oxygen atoms in total. The number of aromatic nitrogens is 2. The van der Waals surface area contributed by atoms with Crippen molar-refractivity contribution in [2.24, 2.45) is 5.41 Å². The lowest BCUT2D eigenvalue weighted by atomic mass is 9.67. The van der Waals surface area contributed by atoms with Crippen LogP contribution in [0.4, 0.5) is 4.79 Å². The van der Waals surface area contributed by atoms with Gasteiger partial charge >= 0.3 is 6.09 Å². The van der Waals surface area contributed by atoms with Gasteiger partial charge in [-0.25, -0.2) is 4.79 Å². The molecule has 1 spiro atoms. The Bertz CT molecular complexity index is 548. The van der Waals surface area contributed by atoms with Crippen LogP contribution in [0.1, 0.15) is 52.5 Å². The van der Waals surface area contributed by atoms with Gasteiger partial charge in [-0.05, 0) is 69.0 Å². The van der Waals surface area contributed by atoms with Gasteiger partial charge in [0.2, 0.25) is 0 Å². The number of amides is 1. The molecule has 2 heterocycles. The van der Waals surface area contributed by atoms with E-state index in [1.807, 2.05) is 31.9 Å². The van der Waals surface area contributed by atoms with Gasteiger partial charge in [-0.15, -0.1) is 0 Å². The van der Waals surface area contributed by atoms with Crippen molar-refractivity contribution in [2.75, 3.05) is 13.1 Å². The molecule has 1 aromatic rings. The molecule has 0 unspecified atom stereocenters. The van der Waals surface area contributed by atoms with Crippen LogP contribution in [0.2, 0.25) is 0 Å². The van der Waals surface area contributed by atoms with E-state index in [4.69, 9.17) is 4.74 Å². The first-order valence-corrected chi connectivity index (χ1v) is 9.02. The maximum Gasteiger partial charge on any atom is 0.410 e. The minimum Gasteiger partial charge on any atom is -0.444 e. The van der Waals surface area contributed by atoms with Crippen LogP contribution in [0.3, 0.4) is 0 Å². The Morgan fingerprint density at radius 1 is 1.36 bits per heavy atom. The Morgan fingerprint density at radius 2 is 2.00 bits per heavy atom. The zero-order chi connectivity index (χ0) is 16.0. The van der Waals surface area contributed by atoms with E-state index in [0.29, 0.717) is 11.5 Å². The minimum atomic E-state index is -0.408. The molecule has 1 aromatic heterocycles. The van der Waals surface area contributed by atoms with Gasteiger partial charge in [-0.2, -0.15) is 5.10 Å². The lowest BCUT2D eigenvalue weighted by Crippen LogP contribution is -2.60. The van der Waals surface area contributed by atoms with Gasteiger partial charge in [0, 0.05) is 24.7 Å². The maximum absolute atomic E-state index is 12.0. The van der Waals surface area contributed by atoms with Gasteiger partial charge in [-0.3, -0.25) is 4.68 Å². The predicted molar refractivity (Wildman–Crippen MR) is 92.7 cm³/mol. The number of carbonyl (C=O) groups excluding carboxylic acids is 1. The second-order valence-electron chi connectivity index (χ2n) is 7.71. The number of hydrogen-bond donors (Lipinski definition) is 0. The summed E-state index contributed by atoms with van der Waals surface area (Å²) in [5, 5.41) is 4.44. The number of likely N-dealkylation sites (tertiary alicyclic amines) is 1. The first kappa shape index (κ1) is 16.1. The summed E-state index contributed by atoms with van der Waals surface area (Å²) in [5.41, 5.74) is -0.0809. The van der Waals surface area contributed by atoms with Crippen molar-refractivity contribution in [3.8, 4) is 0 Å². The van der Waals surface area contributed by atoms with Crippen LogP contribution in [0.5, 0.6) is 0 Å². The van der Waals surface area contributed by atoms with E-state index in [9.17, 15) is 4.79 Å². The molecule has 2 aliphatic rings. The maximum atomic E-state index is 12.0. The molecule has 1 saturated carbocycles. The molecule has 1 aliphatic heterocycles. The summed E-state index contributed by atoms with van der Waals surface area (Å²) in [6, 6.07) is 0.518.